The van der Waals surface area contributed by atoms with Crippen molar-refractivity contribution < 1.29 is 4.79 Å². The van der Waals surface area contributed by atoms with Crippen molar-refractivity contribution in [1.29, 1.82) is 0 Å². The van der Waals surface area contributed by atoms with Crippen molar-refractivity contribution in [2.75, 3.05) is 18.8 Å². The van der Waals surface area contributed by atoms with E-state index in [1.165, 1.54) is 0 Å². The van der Waals surface area contributed by atoms with Gasteiger partial charge in [0, 0.05) is 35.9 Å². The highest BCUT2D eigenvalue weighted by atomic mass is 79.9. The highest BCUT2D eigenvalue weighted by Gasteiger charge is 2.19. The van der Waals surface area contributed by atoms with E-state index in [9.17, 15) is 4.79 Å². The largest absolute Gasteiger partial charge is 0.342 e. The molecule has 0 unspecified atom stereocenters. The number of aromatic nitrogens is 1. The van der Waals surface area contributed by atoms with Crippen molar-refractivity contribution in [2.24, 2.45) is 0 Å². The number of amides is 1. The first-order valence-corrected chi connectivity index (χ1v) is 7.06. The molecule has 1 amide bonds. The molecule has 2 heterocycles. The van der Waals surface area contributed by atoms with E-state index in [1.807, 2.05) is 17.0 Å². The second-order valence-corrected chi connectivity index (χ2v) is 5.56. The predicted octanol–water partition coefficient (Wildman–Crippen LogP) is 2.56. The molecule has 5 heteroatoms. The molecule has 0 spiro atoms. The number of carbonyl (C=O) groups is 1. The molecule has 0 bridgehead atoms. The molecular formula is C11H13BrN2OS. The number of halogens is 1. The number of thioether (sulfide) groups is 1. The third-order valence-electron chi connectivity index (χ3n) is 2.50. The Bertz CT molecular complexity index is 386. The molecule has 0 aromatic carbocycles. The third kappa shape index (κ3) is 2.98. The maximum absolute atomic E-state index is 11.4. The summed E-state index contributed by atoms with van der Waals surface area (Å²) in [6.45, 7) is 1.75. The van der Waals surface area contributed by atoms with Gasteiger partial charge in [-0.15, -0.1) is 11.8 Å². The standard InChI is InChI=1S/C11H13BrN2OS/c12-9-3-1-5-13-11(9)16-8-7-14-6-2-4-10(14)15/h1,3,5H,2,4,6-8H2. The summed E-state index contributed by atoms with van der Waals surface area (Å²) in [6.07, 6.45) is 3.52. The van der Waals surface area contributed by atoms with Crippen LogP contribution in [0.1, 0.15) is 12.8 Å². The van der Waals surface area contributed by atoms with E-state index < -0.39 is 0 Å². The molecule has 1 aliphatic heterocycles. The van der Waals surface area contributed by atoms with Gasteiger partial charge in [-0.3, -0.25) is 4.79 Å². The van der Waals surface area contributed by atoms with E-state index in [0.29, 0.717) is 5.91 Å². The van der Waals surface area contributed by atoms with Crippen LogP contribution < -0.4 is 0 Å². The van der Waals surface area contributed by atoms with Gasteiger partial charge in [0.2, 0.25) is 5.91 Å². The fourth-order valence-electron chi connectivity index (χ4n) is 1.67. The van der Waals surface area contributed by atoms with Crippen LogP contribution in [-0.4, -0.2) is 34.6 Å². The molecule has 1 aliphatic rings. The molecule has 3 nitrogen and oxygen atoms in total. The quantitative estimate of drug-likeness (QED) is 0.801. The Morgan fingerprint density at radius 2 is 2.44 bits per heavy atom. The summed E-state index contributed by atoms with van der Waals surface area (Å²) in [5, 5.41) is 0.995. The molecule has 0 radical (unpaired) electrons. The van der Waals surface area contributed by atoms with Gasteiger partial charge in [-0.05, 0) is 34.5 Å². The van der Waals surface area contributed by atoms with Gasteiger partial charge < -0.3 is 4.90 Å². The summed E-state index contributed by atoms with van der Waals surface area (Å²) in [5.74, 6) is 1.20. The number of rotatable bonds is 4. The Morgan fingerprint density at radius 1 is 1.56 bits per heavy atom. The maximum atomic E-state index is 11.4. The third-order valence-corrected chi connectivity index (χ3v) is 4.38. The average molecular weight is 301 g/mol. The van der Waals surface area contributed by atoms with Crippen LogP contribution in [0.4, 0.5) is 0 Å². The van der Waals surface area contributed by atoms with E-state index in [1.54, 1.807) is 18.0 Å². The number of pyridine rings is 1. The molecule has 16 heavy (non-hydrogen) atoms. The molecule has 1 fully saturated rings. The lowest BCUT2D eigenvalue weighted by atomic mass is 10.4. The lowest BCUT2D eigenvalue weighted by Gasteiger charge is -2.14. The number of carbonyl (C=O) groups excluding carboxylic acids is 1. The van der Waals surface area contributed by atoms with Crippen LogP contribution >= 0.6 is 27.7 Å². The monoisotopic (exact) mass is 300 g/mol. The summed E-state index contributed by atoms with van der Waals surface area (Å²) in [7, 11) is 0. The highest BCUT2D eigenvalue weighted by Crippen LogP contribution is 2.24. The van der Waals surface area contributed by atoms with Crippen LogP contribution in [-0.2, 0) is 4.79 Å². The molecule has 1 aromatic heterocycles. The number of nitrogens with zero attached hydrogens (tertiary/aromatic N) is 2. The highest BCUT2D eigenvalue weighted by molar-refractivity contribution is 9.10. The first-order chi connectivity index (χ1) is 7.77. The first-order valence-electron chi connectivity index (χ1n) is 5.28. The molecular weight excluding hydrogens is 288 g/mol. The predicted molar refractivity (Wildman–Crippen MR) is 68.5 cm³/mol. The molecule has 0 aliphatic carbocycles. The molecule has 0 atom stereocenters. The van der Waals surface area contributed by atoms with Crippen LogP contribution in [0.15, 0.2) is 27.8 Å². The van der Waals surface area contributed by atoms with Crippen LogP contribution in [0, 0.1) is 0 Å². The average Bonchev–Trinajstić information content (AvgIpc) is 2.67. The van der Waals surface area contributed by atoms with Crippen molar-refractivity contribution in [3.63, 3.8) is 0 Å². The number of hydrogen-bond donors (Lipinski definition) is 0. The normalized spacial score (nSPS) is 15.8. The van der Waals surface area contributed by atoms with Gasteiger partial charge in [-0.2, -0.15) is 0 Å². The van der Waals surface area contributed by atoms with E-state index in [-0.39, 0.29) is 0 Å². The van der Waals surface area contributed by atoms with Crippen LogP contribution in [0.3, 0.4) is 0 Å². The Balaban J connectivity index is 1.80. The van der Waals surface area contributed by atoms with Crippen LogP contribution in [0.2, 0.25) is 0 Å². The smallest absolute Gasteiger partial charge is 0.222 e. The van der Waals surface area contributed by atoms with Crippen molar-refractivity contribution in [2.45, 2.75) is 17.9 Å². The van der Waals surface area contributed by atoms with Gasteiger partial charge in [0.15, 0.2) is 0 Å². The lowest BCUT2D eigenvalue weighted by Crippen LogP contribution is -2.26. The van der Waals surface area contributed by atoms with Gasteiger partial charge in [0.25, 0.3) is 0 Å². The molecule has 1 saturated heterocycles. The zero-order valence-corrected chi connectivity index (χ0v) is 11.3. The zero-order chi connectivity index (χ0) is 11.4. The summed E-state index contributed by atoms with van der Waals surface area (Å²) < 4.78 is 1.02. The van der Waals surface area contributed by atoms with Crippen LogP contribution in [0.5, 0.6) is 0 Å². The van der Waals surface area contributed by atoms with Gasteiger partial charge in [0.05, 0.1) is 0 Å². The Hall–Kier alpha value is -0.550. The van der Waals surface area contributed by atoms with E-state index in [4.69, 9.17) is 0 Å². The van der Waals surface area contributed by atoms with Crippen LogP contribution in [0.25, 0.3) is 0 Å². The summed E-state index contributed by atoms with van der Waals surface area (Å²) >= 11 is 5.14. The van der Waals surface area contributed by atoms with E-state index in [2.05, 4.69) is 20.9 Å². The Labute approximate surface area is 108 Å². The van der Waals surface area contributed by atoms with Gasteiger partial charge in [0.1, 0.15) is 5.03 Å². The second-order valence-electron chi connectivity index (χ2n) is 3.62. The number of hydrogen-bond acceptors (Lipinski definition) is 3. The fourth-order valence-corrected chi connectivity index (χ4v) is 3.12. The SMILES string of the molecule is O=C1CCCN1CCSc1ncccc1Br. The minimum Gasteiger partial charge on any atom is -0.342 e. The van der Waals surface area contributed by atoms with Crippen molar-refractivity contribution in [3.8, 4) is 0 Å². The minimum atomic E-state index is 0.292. The van der Waals surface area contributed by atoms with Gasteiger partial charge >= 0.3 is 0 Å². The van der Waals surface area contributed by atoms with E-state index in [0.717, 1.165) is 41.2 Å². The Kier molecular flexibility index (Phi) is 4.23. The zero-order valence-electron chi connectivity index (χ0n) is 8.86. The van der Waals surface area contributed by atoms with Crippen molar-refractivity contribution in [3.05, 3.63) is 22.8 Å². The summed E-state index contributed by atoms with van der Waals surface area (Å²) in [4.78, 5) is 17.6. The Morgan fingerprint density at radius 3 is 3.12 bits per heavy atom. The maximum Gasteiger partial charge on any atom is 0.222 e. The molecule has 2 rings (SSSR count). The summed E-state index contributed by atoms with van der Waals surface area (Å²) in [5.41, 5.74) is 0. The van der Waals surface area contributed by atoms with Gasteiger partial charge in [-0.25, -0.2) is 4.98 Å². The minimum absolute atomic E-state index is 0.292. The molecule has 0 N–H and O–H groups in total. The molecule has 1 aromatic rings. The second kappa shape index (κ2) is 5.68. The van der Waals surface area contributed by atoms with Crippen molar-refractivity contribution in [1.82, 2.24) is 9.88 Å². The fraction of sp³-hybridized carbons (Fsp3) is 0.455. The van der Waals surface area contributed by atoms with E-state index >= 15 is 0 Å². The van der Waals surface area contributed by atoms with Crippen molar-refractivity contribution >= 4 is 33.6 Å². The molecule has 86 valence electrons. The summed E-state index contributed by atoms with van der Waals surface area (Å²) in [6, 6.07) is 3.88. The number of likely N-dealkylation sites (tertiary alicyclic amines) is 1. The first kappa shape index (κ1) is 11.9. The molecule has 0 saturated carbocycles. The van der Waals surface area contributed by atoms with Gasteiger partial charge in [-0.1, -0.05) is 0 Å². The topological polar surface area (TPSA) is 33.2 Å². The lowest BCUT2D eigenvalue weighted by molar-refractivity contribution is -0.127.